The van der Waals surface area contributed by atoms with Gasteiger partial charge in [-0.25, -0.2) is 17.5 Å². The zero-order valence-electron chi connectivity index (χ0n) is 24.9. The van der Waals surface area contributed by atoms with Crippen molar-refractivity contribution in [2.75, 3.05) is 11.9 Å². The fourth-order valence-corrected chi connectivity index (χ4v) is 9.56. The number of carboxylic acids is 1. The van der Waals surface area contributed by atoms with Gasteiger partial charge >= 0.3 is 5.97 Å². The Balaban J connectivity index is 1.41. The number of sulfonamides is 1. The minimum Gasteiger partial charge on any atom is -0.480 e. The highest BCUT2D eigenvalue weighted by Gasteiger charge is 2.44. The first-order valence-corrected chi connectivity index (χ1v) is 18.0. The van der Waals surface area contributed by atoms with Crippen LogP contribution in [0, 0.1) is 11.3 Å². The van der Waals surface area contributed by atoms with Gasteiger partial charge in [0, 0.05) is 41.5 Å². The molecule has 246 valence electrons. The number of carbonyl (C=O) groups excluding carboxylic acids is 2. The second kappa shape index (κ2) is 15.0. The van der Waals surface area contributed by atoms with Crippen LogP contribution in [0.5, 0.6) is 0 Å². The van der Waals surface area contributed by atoms with Gasteiger partial charge in [-0.1, -0.05) is 54.2 Å². The summed E-state index contributed by atoms with van der Waals surface area (Å²) in [5.74, 6) is -2.98. The van der Waals surface area contributed by atoms with Gasteiger partial charge in [0.05, 0.1) is 38.2 Å². The molecule has 3 N–H and O–H groups in total. The lowest BCUT2D eigenvalue weighted by molar-refractivity contribution is -0.146. The van der Waals surface area contributed by atoms with Gasteiger partial charge in [-0.05, 0) is 55.2 Å². The van der Waals surface area contributed by atoms with E-state index >= 15 is 0 Å². The Bertz CT molecular complexity index is 1790. The molecule has 11 nitrogen and oxygen atoms in total. The normalized spacial score (nSPS) is 18.7. The molecule has 1 saturated heterocycles. The number of thioether (sulfide) groups is 1. The van der Waals surface area contributed by atoms with E-state index in [1.807, 2.05) is 6.07 Å². The van der Waals surface area contributed by atoms with Crippen LogP contribution in [0.3, 0.4) is 0 Å². The lowest BCUT2D eigenvalue weighted by Crippen LogP contribution is -2.54. The zero-order valence-corrected chi connectivity index (χ0v) is 28.1. The molecule has 1 aliphatic carbocycles. The predicted molar refractivity (Wildman–Crippen MR) is 179 cm³/mol. The van der Waals surface area contributed by atoms with Crippen LogP contribution >= 0.6 is 35.0 Å². The number of amides is 2. The van der Waals surface area contributed by atoms with Gasteiger partial charge < -0.3 is 15.7 Å². The molecule has 2 fully saturated rings. The van der Waals surface area contributed by atoms with Gasteiger partial charge in [0.2, 0.25) is 0 Å². The van der Waals surface area contributed by atoms with Crippen LogP contribution in [0.2, 0.25) is 10.0 Å². The van der Waals surface area contributed by atoms with Gasteiger partial charge in [0.15, 0.2) is 0 Å². The number of benzene rings is 2. The Kier molecular flexibility index (Phi) is 11.1. The molecule has 47 heavy (non-hydrogen) atoms. The first-order valence-electron chi connectivity index (χ1n) is 14.9. The summed E-state index contributed by atoms with van der Waals surface area (Å²) in [4.78, 5) is 43.1. The number of hydrogen-bond acceptors (Lipinski definition) is 9. The number of carbonyl (C=O) groups is 3. The molecule has 0 spiro atoms. The van der Waals surface area contributed by atoms with E-state index < -0.39 is 39.9 Å². The lowest BCUT2D eigenvalue weighted by Gasteiger charge is -2.30. The van der Waals surface area contributed by atoms with Crippen molar-refractivity contribution >= 4 is 68.5 Å². The Morgan fingerprint density at radius 2 is 1.77 bits per heavy atom. The number of halogens is 2. The molecule has 1 aromatic heterocycles. The van der Waals surface area contributed by atoms with E-state index in [0.29, 0.717) is 33.8 Å². The maximum atomic E-state index is 14.1. The lowest BCUT2D eigenvalue weighted by atomic mass is 10.0. The number of rotatable bonds is 11. The highest BCUT2D eigenvalue weighted by Crippen LogP contribution is 2.36. The predicted octanol–water partition coefficient (Wildman–Crippen LogP) is 5.13. The molecule has 0 bridgehead atoms. The topological polar surface area (TPSA) is 170 Å². The van der Waals surface area contributed by atoms with E-state index in [9.17, 15) is 33.2 Å². The fourth-order valence-electron chi connectivity index (χ4n) is 5.76. The monoisotopic (exact) mass is 715 g/mol. The average molecular weight is 717 g/mol. The molecular formula is C32H31Cl2N5O6S2. The summed E-state index contributed by atoms with van der Waals surface area (Å²) in [6.45, 7) is 0.496. The quantitative estimate of drug-likeness (QED) is 0.242. The number of pyridine rings is 1. The first-order chi connectivity index (χ1) is 22.5. The van der Waals surface area contributed by atoms with E-state index in [1.165, 1.54) is 54.9 Å². The van der Waals surface area contributed by atoms with Gasteiger partial charge in [0.25, 0.3) is 21.8 Å². The highest BCUT2D eigenvalue weighted by atomic mass is 35.5. The summed E-state index contributed by atoms with van der Waals surface area (Å²) >= 11 is 14.0. The summed E-state index contributed by atoms with van der Waals surface area (Å²) in [5, 5.41) is 26.2. The third-order valence-corrected chi connectivity index (χ3v) is 12.1. The molecule has 3 aromatic rings. The second-order valence-corrected chi connectivity index (χ2v) is 15.6. The van der Waals surface area contributed by atoms with Crippen molar-refractivity contribution in [3.05, 3.63) is 87.7 Å². The van der Waals surface area contributed by atoms with Gasteiger partial charge in [-0.2, -0.15) is 17.0 Å². The maximum Gasteiger partial charge on any atom is 0.328 e. The van der Waals surface area contributed by atoms with Crippen molar-refractivity contribution in [3.63, 3.8) is 0 Å². The minimum absolute atomic E-state index is 0.0302. The van der Waals surface area contributed by atoms with Gasteiger partial charge in [0.1, 0.15) is 6.04 Å². The van der Waals surface area contributed by atoms with Crippen LogP contribution in [0.4, 0.5) is 5.69 Å². The number of nitriles is 1. The summed E-state index contributed by atoms with van der Waals surface area (Å²) in [7, 11) is -4.72. The van der Waals surface area contributed by atoms with Crippen molar-refractivity contribution in [2.24, 2.45) is 0 Å². The van der Waals surface area contributed by atoms with Crippen LogP contribution in [0.25, 0.3) is 0 Å². The average Bonchev–Trinajstić information content (AvgIpc) is 3.74. The van der Waals surface area contributed by atoms with Crippen molar-refractivity contribution in [2.45, 2.75) is 66.0 Å². The third-order valence-electron chi connectivity index (χ3n) is 8.10. The summed E-state index contributed by atoms with van der Waals surface area (Å²) in [6, 6.07) is 10.4. The summed E-state index contributed by atoms with van der Waals surface area (Å²) in [6.07, 6.45) is 7.09. The molecule has 0 radical (unpaired) electrons. The number of nitrogens with one attached hydrogen (secondary N) is 2. The SMILES string of the molecule is N#Cc1cccc(S(=O)(=O)N(C(=O)[C@@H]2CC(SC3CCCC3)CN2)[C@@H](Cc2ccc(NC(=O)c3c(Cl)cncc3Cl)cc2)C(=O)O)c1. The Morgan fingerprint density at radius 3 is 2.40 bits per heavy atom. The van der Waals surface area contributed by atoms with Gasteiger partial charge in [-0.15, -0.1) is 0 Å². The van der Waals surface area contributed by atoms with E-state index in [1.54, 1.807) is 11.8 Å². The molecule has 15 heteroatoms. The molecular weight excluding hydrogens is 685 g/mol. The van der Waals surface area contributed by atoms with Crippen molar-refractivity contribution in [1.82, 2.24) is 14.6 Å². The number of carboxylic acid groups (broad SMARTS) is 1. The van der Waals surface area contributed by atoms with Crippen molar-refractivity contribution in [3.8, 4) is 6.07 Å². The smallest absolute Gasteiger partial charge is 0.328 e. The van der Waals surface area contributed by atoms with E-state index in [0.717, 1.165) is 31.7 Å². The Hall–Kier alpha value is -3.67. The fraction of sp³-hybridized carbons (Fsp3) is 0.344. The molecule has 1 unspecified atom stereocenters. The molecule has 2 aliphatic rings. The largest absolute Gasteiger partial charge is 0.480 e. The van der Waals surface area contributed by atoms with E-state index in [-0.39, 0.29) is 37.7 Å². The van der Waals surface area contributed by atoms with Crippen LogP contribution in [0.15, 0.2) is 65.8 Å². The van der Waals surface area contributed by atoms with Crippen LogP contribution in [0.1, 0.15) is 53.6 Å². The van der Waals surface area contributed by atoms with Crippen LogP contribution < -0.4 is 10.6 Å². The number of anilines is 1. The number of aliphatic carboxylic acids is 1. The first kappa shape index (κ1) is 34.7. The molecule has 2 aromatic carbocycles. The third kappa shape index (κ3) is 8.08. The number of nitrogens with zero attached hydrogens (tertiary/aromatic N) is 3. The standard InChI is InChI=1S/C32H31Cl2N5O6S2/c33-25-17-36-18-26(34)29(25)30(40)38-21-10-8-19(9-11-21)13-28(32(42)43)39(47(44,45)24-7-3-4-20(12-24)15-35)31(41)27-14-23(16-37-27)46-22-5-1-2-6-22/h3-4,7-12,17-18,22-23,27-28,37H,1-2,5-6,13-14,16H2,(H,38,40)(H,42,43)/t23?,27-,28-/m0/s1. The minimum atomic E-state index is -4.72. The van der Waals surface area contributed by atoms with Gasteiger partial charge in [-0.3, -0.25) is 14.6 Å². The number of hydrogen-bond donors (Lipinski definition) is 3. The Morgan fingerprint density at radius 1 is 1.09 bits per heavy atom. The van der Waals surface area contributed by atoms with E-state index in [2.05, 4.69) is 15.6 Å². The van der Waals surface area contributed by atoms with Crippen molar-refractivity contribution in [1.29, 1.82) is 5.26 Å². The molecule has 5 rings (SSSR count). The molecule has 1 saturated carbocycles. The van der Waals surface area contributed by atoms with Crippen LogP contribution in [-0.2, 0) is 26.0 Å². The van der Waals surface area contributed by atoms with Crippen molar-refractivity contribution < 1.29 is 27.9 Å². The van der Waals surface area contributed by atoms with E-state index in [4.69, 9.17) is 23.2 Å². The summed E-state index contributed by atoms with van der Waals surface area (Å²) in [5.41, 5.74) is 0.805. The highest BCUT2D eigenvalue weighted by molar-refractivity contribution is 8.00. The zero-order chi connectivity index (χ0) is 33.7. The maximum absolute atomic E-state index is 14.1. The summed E-state index contributed by atoms with van der Waals surface area (Å²) < 4.78 is 28.6. The molecule has 1 aliphatic heterocycles. The number of aromatic nitrogens is 1. The second-order valence-electron chi connectivity index (χ2n) is 11.3. The van der Waals surface area contributed by atoms with Crippen LogP contribution in [-0.4, -0.2) is 69.7 Å². The molecule has 2 amide bonds. The molecule has 2 heterocycles. The molecule has 3 atom stereocenters. The Labute approximate surface area is 286 Å².